The van der Waals surface area contributed by atoms with Crippen LogP contribution in [0.15, 0.2) is 67.0 Å². The number of rotatable bonds is 6. The van der Waals surface area contributed by atoms with Gasteiger partial charge >= 0.3 is 0 Å². The van der Waals surface area contributed by atoms with Gasteiger partial charge in [-0.05, 0) is 42.3 Å². The molecule has 0 fully saturated rings. The summed E-state index contributed by atoms with van der Waals surface area (Å²) in [6, 6.07) is 17.4. The molecule has 0 atom stereocenters. The maximum atomic E-state index is 12.4. The lowest BCUT2D eigenvalue weighted by atomic mass is 10.2. The molecular formula is C21H21N3O2. The molecule has 5 nitrogen and oxygen atoms in total. The number of pyridine rings is 1. The molecule has 0 saturated heterocycles. The average molecular weight is 347 g/mol. The molecule has 0 radical (unpaired) electrons. The maximum Gasteiger partial charge on any atom is 0.253 e. The Morgan fingerprint density at radius 3 is 2.58 bits per heavy atom. The van der Waals surface area contributed by atoms with Crippen LogP contribution in [0.4, 0.5) is 11.4 Å². The number of carbonyl (C=O) groups excluding carboxylic acids is 1. The van der Waals surface area contributed by atoms with E-state index in [9.17, 15) is 4.79 Å². The van der Waals surface area contributed by atoms with E-state index in [1.807, 2.05) is 55.5 Å². The number of methoxy groups -OCH3 is 1. The first-order chi connectivity index (χ1) is 12.7. The van der Waals surface area contributed by atoms with Crippen molar-refractivity contribution < 1.29 is 9.53 Å². The predicted octanol–water partition coefficient (Wildman–Crippen LogP) is 4.07. The molecule has 2 N–H and O–H groups in total. The van der Waals surface area contributed by atoms with Crippen LogP contribution in [0.2, 0.25) is 0 Å². The van der Waals surface area contributed by atoms with Crippen molar-refractivity contribution in [1.29, 1.82) is 0 Å². The third kappa shape index (κ3) is 4.39. The van der Waals surface area contributed by atoms with Gasteiger partial charge < -0.3 is 15.4 Å². The smallest absolute Gasteiger partial charge is 0.253 e. The summed E-state index contributed by atoms with van der Waals surface area (Å²) in [5, 5.41) is 6.21. The standard InChI is InChI=1S/C21H21N3O2/c1-15-5-3-4-6-20(15)24-18-11-17(13-22-14-18)21(25)23-12-16-7-9-19(26-2)10-8-16/h3-11,13-14,24H,12H2,1-2H3,(H,23,25). The quantitative estimate of drug-likeness (QED) is 0.705. The van der Waals surface area contributed by atoms with Crippen LogP contribution in [0.25, 0.3) is 0 Å². The number of nitrogens with one attached hydrogen (secondary N) is 2. The molecular weight excluding hydrogens is 326 g/mol. The third-order valence-electron chi connectivity index (χ3n) is 4.04. The van der Waals surface area contributed by atoms with E-state index in [0.717, 1.165) is 28.3 Å². The molecule has 0 aliphatic carbocycles. The van der Waals surface area contributed by atoms with E-state index < -0.39 is 0 Å². The normalized spacial score (nSPS) is 10.2. The second-order valence-electron chi connectivity index (χ2n) is 5.93. The number of benzene rings is 2. The lowest BCUT2D eigenvalue weighted by Crippen LogP contribution is -2.23. The van der Waals surface area contributed by atoms with Crippen LogP contribution >= 0.6 is 0 Å². The van der Waals surface area contributed by atoms with E-state index in [2.05, 4.69) is 15.6 Å². The Kier molecular flexibility index (Phi) is 5.49. The lowest BCUT2D eigenvalue weighted by Gasteiger charge is -2.10. The molecule has 2 aromatic carbocycles. The van der Waals surface area contributed by atoms with Gasteiger partial charge in [0.05, 0.1) is 24.6 Å². The van der Waals surface area contributed by atoms with Gasteiger partial charge in [-0.3, -0.25) is 9.78 Å². The molecule has 5 heteroatoms. The van der Waals surface area contributed by atoms with E-state index in [1.165, 1.54) is 0 Å². The van der Waals surface area contributed by atoms with Crippen LogP contribution in [0.1, 0.15) is 21.5 Å². The van der Waals surface area contributed by atoms with Gasteiger partial charge in [-0.2, -0.15) is 0 Å². The van der Waals surface area contributed by atoms with Crippen molar-refractivity contribution in [3.8, 4) is 5.75 Å². The van der Waals surface area contributed by atoms with Crippen molar-refractivity contribution in [3.63, 3.8) is 0 Å². The molecule has 3 rings (SSSR count). The second kappa shape index (κ2) is 8.16. The molecule has 1 amide bonds. The highest BCUT2D eigenvalue weighted by molar-refractivity contribution is 5.94. The fourth-order valence-electron chi connectivity index (χ4n) is 2.53. The molecule has 1 aromatic heterocycles. The summed E-state index contributed by atoms with van der Waals surface area (Å²) < 4.78 is 5.13. The van der Waals surface area contributed by atoms with Crippen LogP contribution in [0.5, 0.6) is 5.75 Å². The molecule has 0 unspecified atom stereocenters. The summed E-state index contributed by atoms with van der Waals surface area (Å²) in [5.41, 5.74) is 4.40. The minimum Gasteiger partial charge on any atom is -0.497 e. The van der Waals surface area contributed by atoms with Crippen molar-refractivity contribution in [2.24, 2.45) is 0 Å². The second-order valence-corrected chi connectivity index (χ2v) is 5.93. The van der Waals surface area contributed by atoms with Gasteiger partial charge in [0.1, 0.15) is 5.75 Å². The molecule has 0 bridgehead atoms. The van der Waals surface area contributed by atoms with E-state index in [4.69, 9.17) is 4.74 Å². The largest absolute Gasteiger partial charge is 0.497 e. The van der Waals surface area contributed by atoms with Crippen LogP contribution in [-0.2, 0) is 6.54 Å². The van der Waals surface area contributed by atoms with E-state index in [-0.39, 0.29) is 5.91 Å². The van der Waals surface area contributed by atoms with Gasteiger partial charge in [0.25, 0.3) is 5.91 Å². The van der Waals surface area contributed by atoms with Gasteiger partial charge in [-0.15, -0.1) is 0 Å². The molecule has 0 aliphatic rings. The van der Waals surface area contributed by atoms with Crippen LogP contribution < -0.4 is 15.4 Å². The summed E-state index contributed by atoms with van der Waals surface area (Å²) in [6.45, 7) is 2.47. The van der Waals surface area contributed by atoms with Crippen molar-refractivity contribution in [2.75, 3.05) is 12.4 Å². The number of amides is 1. The minimum atomic E-state index is -0.165. The summed E-state index contributed by atoms with van der Waals surface area (Å²) in [7, 11) is 1.63. The fourth-order valence-corrected chi connectivity index (χ4v) is 2.53. The van der Waals surface area contributed by atoms with E-state index >= 15 is 0 Å². The maximum absolute atomic E-state index is 12.4. The zero-order valence-corrected chi connectivity index (χ0v) is 14.8. The van der Waals surface area contributed by atoms with E-state index in [1.54, 1.807) is 25.6 Å². The highest BCUT2D eigenvalue weighted by atomic mass is 16.5. The summed E-state index contributed by atoms with van der Waals surface area (Å²) in [4.78, 5) is 16.6. The van der Waals surface area contributed by atoms with E-state index in [0.29, 0.717) is 12.1 Å². The van der Waals surface area contributed by atoms with Crippen molar-refractivity contribution in [1.82, 2.24) is 10.3 Å². The Morgan fingerprint density at radius 2 is 1.85 bits per heavy atom. The number of anilines is 2. The Balaban J connectivity index is 1.65. The minimum absolute atomic E-state index is 0.165. The zero-order valence-electron chi connectivity index (χ0n) is 14.8. The number of nitrogens with zero attached hydrogens (tertiary/aromatic N) is 1. The molecule has 0 spiro atoms. The third-order valence-corrected chi connectivity index (χ3v) is 4.04. The number of para-hydroxylation sites is 1. The van der Waals surface area contributed by atoms with Crippen molar-refractivity contribution in [3.05, 3.63) is 83.7 Å². The first-order valence-electron chi connectivity index (χ1n) is 8.34. The topological polar surface area (TPSA) is 63.2 Å². The highest BCUT2D eigenvalue weighted by Crippen LogP contribution is 2.20. The fraction of sp³-hybridized carbons (Fsp3) is 0.143. The number of hydrogen-bond donors (Lipinski definition) is 2. The Bertz CT molecular complexity index is 892. The Labute approximate surface area is 153 Å². The number of aromatic nitrogens is 1. The Hall–Kier alpha value is -3.34. The van der Waals surface area contributed by atoms with Crippen LogP contribution in [0, 0.1) is 6.92 Å². The SMILES string of the molecule is COc1ccc(CNC(=O)c2cncc(Nc3ccccc3C)c2)cc1. The number of aryl methyl sites for hydroxylation is 1. The van der Waals surface area contributed by atoms with Gasteiger partial charge in [-0.1, -0.05) is 30.3 Å². The van der Waals surface area contributed by atoms with Crippen LogP contribution in [0.3, 0.4) is 0 Å². The molecule has 1 heterocycles. The van der Waals surface area contributed by atoms with Gasteiger partial charge in [0.2, 0.25) is 0 Å². The molecule has 0 saturated carbocycles. The Morgan fingerprint density at radius 1 is 1.08 bits per heavy atom. The summed E-state index contributed by atoms with van der Waals surface area (Å²) in [5.74, 6) is 0.626. The zero-order chi connectivity index (χ0) is 18.4. The number of ether oxygens (including phenoxy) is 1. The van der Waals surface area contributed by atoms with Crippen LogP contribution in [-0.4, -0.2) is 18.0 Å². The molecule has 3 aromatic rings. The van der Waals surface area contributed by atoms with Gasteiger partial charge in [-0.25, -0.2) is 0 Å². The summed E-state index contributed by atoms with van der Waals surface area (Å²) >= 11 is 0. The first kappa shape index (κ1) is 17.5. The average Bonchev–Trinajstić information content (AvgIpc) is 2.68. The molecule has 132 valence electrons. The number of carbonyl (C=O) groups is 1. The first-order valence-corrected chi connectivity index (χ1v) is 8.34. The predicted molar refractivity (Wildman–Crippen MR) is 103 cm³/mol. The number of hydrogen-bond acceptors (Lipinski definition) is 4. The van der Waals surface area contributed by atoms with Crippen molar-refractivity contribution >= 4 is 17.3 Å². The molecule has 0 aliphatic heterocycles. The van der Waals surface area contributed by atoms with Gasteiger partial charge in [0.15, 0.2) is 0 Å². The highest BCUT2D eigenvalue weighted by Gasteiger charge is 2.08. The monoisotopic (exact) mass is 347 g/mol. The molecule has 26 heavy (non-hydrogen) atoms. The lowest BCUT2D eigenvalue weighted by molar-refractivity contribution is 0.0950. The van der Waals surface area contributed by atoms with Crippen molar-refractivity contribution in [2.45, 2.75) is 13.5 Å². The summed E-state index contributed by atoms with van der Waals surface area (Å²) in [6.07, 6.45) is 3.26. The van der Waals surface area contributed by atoms with Gasteiger partial charge in [0, 0.05) is 18.4 Å².